The fourth-order valence-corrected chi connectivity index (χ4v) is 2.95. The monoisotopic (exact) mass is 375 g/mol. The molecule has 1 aliphatic rings. The molecular weight excluding hydrogens is 358 g/mol. The molecule has 7 nitrogen and oxygen atoms in total. The highest BCUT2D eigenvalue weighted by Crippen LogP contribution is 2.19. The van der Waals surface area contributed by atoms with Gasteiger partial charge in [0.25, 0.3) is 11.8 Å². The molecule has 0 bridgehead atoms. The van der Waals surface area contributed by atoms with Gasteiger partial charge in [-0.2, -0.15) is 0 Å². The molecule has 26 heavy (non-hydrogen) atoms. The van der Waals surface area contributed by atoms with Gasteiger partial charge in [0, 0.05) is 23.7 Å². The molecule has 3 amide bonds. The Kier molecular flexibility index (Phi) is 5.58. The molecule has 136 valence electrons. The second kappa shape index (κ2) is 8.05. The van der Waals surface area contributed by atoms with Gasteiger partial charge in [-0.3, -0.25) is 25.2 Å². The number of benzene rings is 1. The molecule has 0 spiro atoms. The van der Waals surface area contributed by atoms with E-state index in [0.717, 1.165) is 0 Å². The fraction of sp³-hybridized carbons (Fsp3) is 0.278. The smallest absolute Gasteiger partial charge is 0.289 e. The first-order valence-corrected chi connectivity index (χ1v) is 8.61. The van der Waals surface area contributed by atoms with Gasteiger partial charge in [0.05, 0.1) is 12.2 Å². The quantitative estimate of drug-likeness (QED) is 0.805. The van der Waals surface area contributed by atoms with Crippen molar-refractivity contribution >= 4 is 29.3 Å². The molecule has 2 N–H and O–H groups in total. The maximum atomic E-state index is 12.3. The Morgan fingerprint density at radius 1 is 1.12 bits per heavy atom. The van der Waals surface area contributed by atoms with Crippen LogP contribution in [0.1, 0.15) is 33.8 Å². The van der Waals surface area contributed by atoms with Crippen LogP contribution in [-0.4, -0.2) is 35.7 Å². The zero-order chi connectivity index (χ0) is 18.5. The van der Waals surface area contributed by atoms with E-state index in [1.165, 1.54) is 6.26 Å². The molecule has 1 aromatic heterocycles. The Hall–Kier alpha value is -2.80. The predicted molar refractivity (Wildman–Crippen MR) is 94.4 cm³/mol. The number of piperidine rings is 1. The standard InChI is InChI=1S/C18H18ClN3O4/c19-14-7-5-12(6-8-14)16(23)20-21-17(24)13-3-1-9-22(11-13)18(25)15-4-2-10-26-15/h2,4-8,10,13H,1,3,9,11H2,(H,20,23)(H,21,24). The third kappa shape index (κ3) is 4.23. The molecule has 0 radical (unpaired) electrons. The summed E-state index contributed by atoms with van der Waals surface area (Å²) in [5, 5.41) is 0.522. The maximum Gasteiger partial charge on any atom is 0.289 e. The van der Waals surface area contributed by atoms with Crippen LogP contribution < -0.4 is 10.9 Å². The van der Waals surface area contributed by atoms with Gasteiger partial charge in [-0.05, 0) is 49.2 Å². The zero-order valence-corrected chi connectivity index (χ0v) is 14.7. The molecule has 2 aromatic rings. The highest BCUT2D eigenvalue weighted by molar-refractivity contribution is 6.30. The van der Waals surface area contributed by atoms with Gasteiger partial charge in [-0.15, -0.1) is 0 Å². The van der Waals surface area contributed by atoms with Gasteiger partial charge in [-0.25, -0.2) is 0 Å². The number of carbonyl (C=O) groups is 3. The van der Waals surface area contributed by atoms with Gasteiger partial charge in [-0.1, -0.05) is 11.6 Å². The first kappa shape index (κ1) is 18.0. The third-order valence-corrected chi connectivity index (χ3v) is 4.47. The number of hydrazine groups is 1. The van der Waals surface area contributed by atoms with Crippen molar-refractivity contribution in [2.45, 2.75) is 12.8 Å². The largest absolute Gasteiger partial charge is 0.459 e. The Labute approximate surface area is 155 Å². The number of furan rings is 1. The molecule has 1 fully saturated rings. The molecule has 8 heteroatoms. The molecule has 3 rings (SSSR count). The number of amides is 3. The summed E-state index contributed by atoms with van der Waals surface area (Å²) in [7, 11) is 0. The number of likely N-dealkylation sites (tertiary alicyclic amines) is 1. The zero-order valence-electron chi connectivity index (χ0n) is 13.9. The van der Waals surface area contributed by atoms with Crippen molar-refractivity contribution < 1.29 is 18.8 Å². The summed E-state index contributed by atoms with van der Waals surface area (Å²) >= 11 is 5.78. The molecule has 2 heterocycles. The number of nitrogens with zero attached hydrogens (tertiary/aromatic N) is 1. The van der Waals surface area contributed by atoms with Crippen LogP contribution in [0.2, 0.25) is 5.02 Å². The minimum Gasteiger partial charge on any atom is -0.459 e. The minimum atomic E-state index is -0.436. The van der Waals surface area contributed by atoms with E-state index in [1.807, 2.05) is 0 Å². The lowest BCUT2D eigenvalue weighted by atomic mass is 9.97. The van der Waals surface area contributed by atoms with Gasteiger partial charge in [0.1, 0.15) is 0 Å². The SMILES string of the molecule is O=C(NNC(=O)C1CCCN(C(=O)c2ccco2)C1)c1ccc(Cl)cc1. The number of hydrogen-bond donors (Lipinski definition) is 2. The molecule has 1 saturated heterocycles. The maximum absolute atomic E-state index is 12.3. The average molecular weight is 376 g/mol. The molecular formula is C18H18ClN3O4. The highest BCUT2D eigenvalue weighted by atomic mass is 35.5. The van der Waals surface area contributed by atoms with Crippen LogP contribution in [0.4, 0.5) is 0 Å². The van der Waals surface area contributed by atoms with Crippen LogP contribution in [0.25, 0.3) is 0 Å². The summed E-state index contributed by atoms with van der Waals surface area (Å²) in [5.41, 5.74) is 5.19. The van der Waals surface area contributed by atoms with E-state index in [0.29, 0.717) is 30.0 Å². The Bertz CT molecular complexity index is 789. The van der Waals surface area contributed by atoms with Gasteiger partial charge in [0.2, 0.25) is 5.91 Å². The lowest BCUT2D eigenvalue weighted by Crippen LogP contribution is -2.50. The van der Waals surface area contributed by atoms with Crippen LogP contribution in [0.3, 0.4) is 0 Å². The molecule has 0 aliphatic carbocycles. The number of hydrogen-bond acceptors (Lipinski definition) is 4. The molecule has 0 saturated carbocycles. The van der Waals surface area contributed by atoms with Crippen molar-refractivity contribution in [2.75, 3.05) is 13.1 Å². The van der Waals surface area contributed by atoms with Crippen molar-refractivity contribution in [1.29, 1.82) is 0 Å². The van der Waals surface area contributed by atoms with E-state index in [2.05, 4.69) is 10.9 Å². The average Bonchev–Trinajstić information content (AvgIpc) is 3.20. The highest BCUT2D eigenvalue weighted by Gasteiger charge is 2.30. The summed E-state index contributed by atoms with van der Waals surface area (Å²) in [6, 6.07) is 9.56. The fourth-order valence-electron chi connectivity index (χ4n) is 2.83. The van der Waals surface area contributed by atoms with E-state index >= 15 is 0 Å². The van der Waals surface area contributed by atoms with E-state index in [9.17, 15) is 14.4 Å². The molecule has 1 aromatic carbocycles. The summed E-state index contributed by atoms with van der Waals surface area (Å²) in [4.78, 5) is 38.3. The second-order valence-corrected chi connectivity index (χ2v) is 6.45. The van der Waals surface area contributed by atoms with Crippen LogP contribution >= 0.6 is 11.6 Å². The molecule has 1 unspecified atom stereocenters. The predicted octanol–water partition coefficient (Wildman–Crippen LogP) is 2.25. The van der Waals surface area contributed by atoms with E-state index in [4.69, 9.17) is 16.0 Å². The van der Waals surface area contributed by atoms with Gasteiger partial charge in [0.15, 0.2) is 5.76 Å². The Morgan fingerprint density at radius 2 is 1.88 bits per heavy atom. The second-order valence-electron chi connectivity index (χ2n) is 6.02. The minimum absolute atomic E-state index is 0.238. The van der Waals surface area contributed by atoms with Crippen molar-refractivity contribution in [2.24, 2.45) is 5.92 Å². The van der Waals surface area contributed by atoms with Crippen LogP contribution in [0.5, 0.6) is 0 Å². The van der Waals surface area contributed by atoms with Crippen molar-refractivity contribution in [3.8, 4) is 0 Å². The number of rotatable bonds is 3. The lowest BCUT2D eigenvalue weighted by molar-refractivity contribution is -0.127. The van der Waals surface area contributed by atoms with Crippen molar-refractivity contribution in [1.82, 2.24) is 15.8 Å². The number of halogens is 1. The van der Waals surface area contributed by atoms with E-state index < -0.39 is 11.8 Å². The number of nitrogens with one attached hydrogen (secondary N) is 2. The van der Waals surface area contributed by atoms with Crippen molar-refractivity contribution in [3.05, 3.63) is 59.0 Å². The molecule has 1 atom stereocenters. The van der Waals surface area contributed by atoms with Crippen LogP contribution in [0.15, 0.2) is 47.1 Å². The summed E-state index contributed by atoms with van der Waals surface area (Å²) in [5.74, 6) is -1.15. The first-order valence-electron chi connectivity index (χ1n) is 8.23. The Balaban J connectivity index is 1.53. The Morgan fingerprint density at radius 3 is 2.58 bits per heavy atom. The van der Waals surface area contributed by atoms with Crippen LogP contribution in [0, 0.1) is 5.92 Å². The third-order valence-electron chi connectivity index (χ3n) is 4.22. The topological polar surface area (TPSA) is 91.7 Å². The summed E-state index contributed by atoms with van der Waals surface area (Å²) in [6.07, 6.45) is 2.79. The molecule has 1 aliphatic heterocycles. The van der Waals surface area contributed by atoms with E-state index in [1.54, 1.807) is 41.3 Å². The first-order chi connectivity index (χ1) is 12.5. The van der Waals surface area contributed by atoms with Crippen molar-refractivity contribution in [3.63, 3.8) is 0 Å². The van der Waals surface area contributed by atoms with E-state index in [-0.39, 0.29) is 24.1 Å². The summed E-state index contributed by atoms with van der Waals surface area (Å²) < 4.78 is 5.12. The normalized spacial score (nSPS) is 16.8. The van der Waals surface area contributed by atoms with Crippen LogP contribution in [-0.2, 0) is 4.79 Å². The van der Waals surface area contributed by atoms with Gasteiger partial charge < -0.3 is 9.32 Å². The lowest BCUT2D eigenvalue weighted by Gasteiger charge is -2.31. The van der Waals surface area contributed by atoms with Gasteiger partial charge >= 0.3 is 0 Å². The number of carbonyl (C=O) groups excluding carboxylic acids is 3. The summed E-state index contributed by atoms with van der Waals surface area (Å²) in [6.45, 7) is 0.850.